The molecular weight excluding hydrogens is 358 g/mol. The number of benzene rings is 2. The van der Waals surface area contributed by atoms with E-state index in [2.05, 4.69) is 10.4 Å². The fraction of sp³-hybridized carbons (Fsp3) is 0.118. The van der Waals surface area contributed by atoms with Gasteiger partial charge in [-0.05, 0) is 42.9 Å². The van der Waals surface area contributed by atoms with E-state index in [1.54, 1.807) is 4.68 Å². The van der Waals surface area contributed by atoms with E-state index in [-0.39, 0.29) is 5.91 Å². The van der Waals surface area contributed by atoms with Gasteiger partial charge in [-0.25, -0.2) is 4.68 Å². The van der Waals surface area contributed by atoms with Gasteiger partial charge >= 0.3 is 0 Å². The molecule has 1 heterocycles. The van der Waals surface area contributed by atoms with E-state index in [4.69, 9.17) is 12.2 Å². The van der Waals surface area contributed by atoms with Crippen molar-refractivity contribution in [3.63, 3.8) is 0 Å². The molecule has 0 aliphatic rings. The second-order valence-corrected chi connectivity index (χ2v) is 7.88. The highest BCUT2D eigenvalue weighted by molar-refractivity contribution is 8.01. The number of aromatic nitrogens is 2. The SMILES string of the molecule is Cc1ccccc1NC(=O)CSc1nn(-c2ccccc2)c(=S)s1. The lowest BCUT2D eigenvalue weighted by Crippen LogP contribution is -2.14. The van der Waals surface area contributed by atoms with Crippen LogP contribution in [0, 0.1) is 10.9 Å². The molecule has 1 N–H and O–H groups in total. The highest BCUT2D eigenvalue weighted by Gasteiger charge is 2.10. The Labute approximate surface area is 153 Å². The smallest absolute Gasteiger partial charge is 0.234 e. The summed E-state index contributed by atoms with van der Waals surface area (Å²) in [4.78, 5) is 12.1. The molecule has 0 aliphatic heterocycles. The van der Waals surface area contributed by atoms with Gasteiger partial charge in [0.1, 0.15) is 0 Å². The molecule has 0 unspecified atom stereocenters. The van der Waals surface area contributed by atoms with Crippen LogP contribution in [0.3, 0.4) is 0 Å². The number of rotatable bonds is 5. The van der Waals surface area contributed by atoms with Gasteiger partial charge in [0.2, 0.25) is 5.91 Å². The third-order valence-corrected chi connectivity index (χ3v) is 5.64. The number of nitrogens with one attached hydrogen (secondary N) is 1. The summed E-state index contributed by atoms with van der Waals surface area (Å²) >= 11 is 8.16. The van der Waals surface area contributed by atoms with E-state index in [0.29, 0.717) is 9.71 Å². The maximum Gasteiger partial charge on any atom is 0.234 e. The summed E-state index contributed by atoms with van der Waals surface area (Å²) in [7, 11) is 0. The molecule has 4 nitrogen and oxygen atoms in total. The highest BCUT2D eigenvalue weighted by atomic mass is 32.2. The van der Waals surface area contributed by atoms with Gasteiger partial charge in [0.25, 0.3) is 0 Å². The number of carbonyl (C=O) groups excluding carboxylic acids is 1. The number of hydrogen-bond acceptors (Lipinski definition) is 5. The van der Waals surface area contributed by atoms with Crippen molar-refractivity contribution >= 4 is 46.9 Å². The fourth-order valence-electron chi connectivity index (χ4n) is 2.08. The number of aryl methyl sites for hydroxylation is 1. The van der Waals surface area contributed by atoms with Crippen LogP contribution in [0.5, 0.6) is 0 Å². The minimum absolute atomic E-state index is 0.0540. The number of thioether (sulfide) groups is 1. The van der Waals surface area contributed by atoms with Gasteiger partial charge < -0.3 is 5.32 Å². The zero-order valence-electron chi connectivity index (χ0n) is 12.9. The Hall–Kier alpha value is -1.96. The first-order valence-electron chi connectivity index (χ1n) is 7.27. The van der Waals surface area contributed by atoms with Crippen LogP contribution >= 0.6 is 35.3 Å². The minimum Gasteiger partial charge on any atom is -0.325 e. The lowest BCUT2D eigenvalue weighted by Gasteiger charge is -2.06. The second kappa shape index (κ2) is 7.74. The highest BCUT2D eigenvalue weighted by Crippen LogP contribution is 2.24. The molecule has 0 aliphatic carbocycles. The molecule has 7 heteroatoms. The molecule has 0 saturated heterocycles. The summed E-state index contributed by atoms with van der Waals surface area (Å²) in [6.07, 6.45) is 0. The van der Waals surface area contributed by atoms with Crippen molar-refractivity contribution in [3.05, 3.63) is 64.1 Å². The topological polar surface area (TPSA) is 46.9 Å². The Bertz CT molecular complexity index is 903. The summed E-state index contributed by atoms with van der Waals surface area (Å²) in [5.41, 5.74) is 2.81. The molecule has 2 aromatic carbocycles. The Morgan fingerprint density at radius 1 is 1.21 bits per heavy atom. The lowest BCUT2D eigenvalue weighted by atomic mass is 10.2. The van der Waals surface area contributed by atoms with E-state index in [1.807, 2.05) is 61.5 Å². The zero-order chi connectivity index (χ0) is 16.9. The van der Waals surface area contributed by atoms with E-state index >= 15 is 0 Å². The molecule has 122 valence electrons. The van der Waals surface area contributed by atoms with Crippen molar-refractivity contribution in [1.29, 1.82) is 0 Å². The van der Waals surface area contributed by atoms with E-state index in [1.165, 1.54) is 23.1 Å². The van der Waals surface area contributed by atoms with Crippen molar-refractivity contribution in [2.24, 2.45) is 0 Å². The van der Waals surface area contributed by atoms with Gasteiger partial charge in [-0.3, -0.25) is 4.79 Å². The summed E-state index contributed by atoms with van der Waals surface area (Å²) in [6.45, 7) is 1.97. The molecule has 0 spiro atoms. The minimum atomic E-state index is -0.0540. The Morgan fingerprint density at radius 3 is 2.67 bits per heavy atom. The average molecular weight is 374 g/mol. The van der Waals surface area contributed by atoms with Gasteiger partial charge in [-0.15, -0.1) is 5.10 Å². The van der Waals surface area contributed by atoms with Crippen LogP contribution in [0.2, 0.25) is 0 Å². The van der Waals surface area contributed by atoms with Crippen LogP contribution in [-0.2, 0) is 4.79 Å². The number of amides is 1. The van der Waals surface area contributed by atoms with Crippen molar-refractivity contribution in [3.8, 4) is 5.69 Å². The van der Waals surface area contributed by atoms with Gasteiger partial charge in [0, 0.05) is 5.69 Å². The van der Waals surface area contributed by atoms with Crippen LogP contribution in [0.15, 0.2) is 58.9 Å². The third-order valence-electron chi connectivity index (χ3n) is 3.28. The van der Waals surface area contributed by atoms with Gasteiger partial charge in [-0.2, -0.15) is 0 Å². The molecule has 1 aromatic heterocycles. The Balaban J connectivity index is 1.64. The van der Waals surface area contributed by atoms with Crippen LogP contribution in [0.4, 0.5) is 5.69 Å². The van der Waals surface area contributed by atoms with E-state index < -0.39 is 0 Å². The van der Waals surface area contributed by atoms with E-state index in [0.717, 1.165) is 21.3 Å². The molecule has 3 rings (SSSR count). The van der Waals surface area contributed by atoms with Crippen molar-refractivity contribution in [2.45, 2.75) is 11.3 Å². The quantitative estimate of drug-likeness (QED) is 0.520. The molecule has 24 heavy (non-hydrogen) atoms. The number of carbonyl (C=O) groups is 1. The molecular formula is C17H15N3OS3. The van der Waals surface area contributed by atoms with Crippen molar-refractivity contribution in [1.82, 2.24) is 9.78 Å². The van der Waals surface area contributed by atoms with E-state index in [9.17, 15) is 4.79 Å². The number of para-hydroxylation sites is 2. The third kappa shape index (κ3) is 4.11. The van der Waals surface area contributed by atoms with Crippen molar-refractivity contribution < 1.29 is 4.79 Å². The van der Waals surface area contributed by atoms with Crippen molar-refractivity contribution in [2.75, 3.05) is 11.1 Å². The number of hydrogen-bond donors (Lipinski definition) is 1. The van der Waals surface area contributed by atoms with Gasteiger partial charge in [-0.1, -0.05) is 59.5 Å². The second-order valence-electron chi connectivity index (χ2n) is 5.03. The summed E-state index contributed by atoms with van der Waals surface area (Å²) < 4.78 is 3.17. The zero-order valence-corrected chi connectivity index (χ0v) is 15.4. The molecule has 0 fully saturated rings. The summed E-state index contributed by atoms with van der Waals surface area (Å²) in [6, 6.07) is 17.5. The fourth-order valence-corrected chi connectivity index (χ4v) is 4.24. The summed E-state index contributed by atoms with van der Waals surface area (Å²) in [5.74, 6) is 0.243. The first-order valence-corrected chi connectivity index (χ1v) is 9.48. The maximum atomic E-state index is 12.1. The van der Waals surface area contributed by atoms with Crippen LogP contribution in [0.25, 0.3) is 5.69 Å². The van der Waals surface area contributed by atoms with Crippen LogP contribution in [-0.4, -0.2) is 21.4 Å². The van der Waals surface area contributed by atoms with Crippen LogP contribution < -0.4 is 5.32 Å². The normalized spacial score (nSPS) is 10.5. The number of nitrogens with zero attached hydrogens (tertiary/aromatic N) is 2. The Kier molecular flexibility index (Phi) is 5.44. The largest absolute Gasteiger partial charge is 0.325 e. The maximum absolute atomic E-state index is 12.1. The number of anilines is 1. The predicted molar refractivity (Wildman–Crippen MR) is 103 cm³/mol. The molecule has 0 radical (unpaired) electrons. The first-order chi connectivity index (χ1) is 11.6. The molecule has 0 atom stereocenters. The average Bonchev–Trinajstić information content (AvgIpc) is 2.97. The molecule has 0 bridgehead atoms. The lowest BCUT2D eigenvalue weighted by molar-refractivity contribution is -0.113. The molecule has 0 saturated carbocycles. The molecule has 3 aromatic rings. The van der Waals surface area contributed by atoms with Gasteiger partial charge in [0.05, 0.1) is 11.4 Å². The molecule has 1 amide bonds. The standard InChI is InChI=1S/C17H15N3OS3/c1-12-7-5-6-10-14(12)18-15(21)11-23-16-19-20(17(22)24-16)13-8-3-2-4-9-13/h2-10H,11H2,1H3,(H,18,21). The monoisotopic (exact) mass is 373 g/mol. The first kappa shape index (κ1) is 16.9. The van der Waals surface area contributed by atoms with Gasteiger partial charge in [0.15, 0.2) is 8.29 Å². The Morgan fingerprint density at radius 2 is 1.92 bits per heavy atom. The predicted octanol–water partition coefficient (Wildman–Crippen LogP) is 4.70. The summed E-state index contributed by atoms with van der Waals surface area (Å²) in [5, 5.41) is 7.41. The van der Waals surface area contributed by atoms with Crippen LogP contribution in [0.1, 0.15) is 5.56 Å².